The second-order valence-electron chi connectivity index (χ2n) is 13.9. The first-order chi connectivity index (χ1) is 25.4. The van der Waals surface area contributed by atoms with Gasteiger partial charge in [-0.25, -0.2) is 27.1 Å². The average molecular weight is 795 g/mol. The maximum atomic E-state index is 16.1. The number of sulfonamides is 1. The number of hydrogen-bond donors (Lipinski definition) is 2. The molecule has 3 unspecified atom stereocenters. The number of rotatable bonds is 13. The van der Waals surface area contributed by atoms with Crippen molar-refractivity contribution in [3.8, 4) is 11.5 Å². The monoisotopic (exact) mass is 794 g/mol. The molecular formula is C37H43ClF4N6O5S. The number of alkyl halides is 3. The maximum absolute atomic E-state index is 16.1. The first-order valence-corrected chi connectivity index (χ1v) is 18.9. The van der Waals surface area contributed by atoms with Crippen LogP contribution in [0.1, 0.15) is 38.2 Å². The SMILES string of the molecule is COc1ccc(CN(c2ccncn2)S(=O)(=O)c2cc(Cl)c(NC3CC[C@H](C4(C)C=C(C(F)(F)F)C=CC4)CC3NC(=O)CN(C)C)cc2F)c(OC)c1. The van der Waals surface area contributed by atoms with Crippen molar-refractivity contribution >= 4 is 39.0 Å². The van der Waals surface area contributed by atoms with Crippen LogP contribution in [0, 0.1) is 17.2 Å². The molecule has 4 atom stereocenters. The molecule has 2 aromatic carbocycles. The topological polar surface area (TPSA) is 126 Å². The first kappa shape index (κ1) is 40.8. The number of carbonyl (C=O) groups is 1. The Morgan fingerprint density at radius 2 is 1.85 bits per heavy atom. The molecule has 2 N–H and O–H groups in total. The van der Waals surface area contributed by atoms with E-state index in [1.807, 2.05) is 0 Å². The molecule has 3 aromatic rings. The van der Waals surface area contributed by atoms with Crippen LogP contribution in [0.25, 0.3) is 0 Å². The lowest BCUT2D eigenvalue weighted by molar-refractivity contribution is -0.122. The van der Waals surface area contributed by atoms with E-state index in [1.165, 1.54) is 45.0 Å². The molecule has 5 rings (SSSR count). The van der Waals surface area contributed by atoms with Crippen LogP contribution in [0.4, 0.5) is 29.1 Å². The van der Waals surface area contributed by atoms with Crippen molar-refractivity contribution in [3.05, 3.63) is 89.1 Å². The van der Waals surface area contributed by atoms with E-state index in [9.17, 15) is 26.4 Å². The number of allylic oxidation sites excluding steroid dienone is 4. The third-order valence-corrected chi connectivity index (χ3v) is 11.9. The van der Waals surface area contributed by atoms with Gasteiger partial charge in [-0.05, 0) is 75.4 Å². The molecule has 0 saturated heterocycles. The summed E-state index contributed by atoms with van der Waals surface area (Å²) < 4.78 is 97.3. The van der Waals surface area contributed by atoms with E-state index in [4.69, 9.17) is 21.1 Å². The number of nitrogens with one attached hydrogen (secondary N) is 2. The minimum Gasteiger partial charge on any atom is -0.497 e. The van der Waals surface area contributed by atoms with Gasteiger partial charge in [-0.1, -0.05) is 36.8 Å². The van der Waals surface area contributed by atoms with E-state index < -0.39 is 50.0 Å². The zero-order valence-electron chi connectivity index (χ0n) is 30.5. The number of anilines is 2. The van der Waals surface area contributed by atoms with Gasteiger partial charge in [0.25, 0.3) is 10.0 Å². The largest absolute Gasteiger partial charge is 0.497 e. The number of amides is 1. The fourth-order valence-corrected chi connectivity index (χ4v) is 8.77. The molecule has 292 valence electrons. The number of carbonyl (C=O) groups excluding carboxylic acids is 1. The molecule has 1 amide bonds. The Morgan fingerprint density at radius 3 is 2.50 bits per heavy atom. The van der Waals surface area contributed by atoms with Gasteiger partial charge in [0.2, 0.25) is 5.91 Å². The summed E-state index contributed by atoms with van der Waals surface area (Å²) in [6.45, 7) is 1.56. The highest BCUT2D eigenvalue weighted by atomic mass is 35.5. The predicted octanol–water partition coefficient (Wildman–Crippen LogP) is 6.76. The zero-order chi connectivity index (χ0) is 39.4. The van der Waals surface area contributed by atoms with Crippen molar-refractivity contribution in [3.63, 3.8) is 0 Å². The van der Waals surface area contributed by atoms with Gasteiger partial charge in [0.1, 0.15) is 34.4 Å². The number of ether oxygens (including phenoxy) is 2. The molecule has 1 fully saturated rings. The average Bonchev–Trinajstić information content (AvgIpc) is 3.12. The fraction of sp³-hybridized carbons (Fsp3) is 0.432. The Balaban J connectivity index is 1.44. The van der Waals surface area contributed by atoms with Gasteiger partial charge in [0, 0.05) is 36.0 Å². The summed E-state index contributed by atoms with van der Waals surface area (Å²) in [5.74, 6) is -0.846. The highest BCUT2D eigenvalue weighted by molar-refractivity contribution is 7.92. The minimum absolute atomic E-state index is 0.0342. The Bertz CT molecular complexity index is 2000. The summed E-state index contributed by atoms with van der Waals surface area (Å²) in [6.07, 6.45) is 3.56. The van der Waals surface area contributed by atoms with Gasteiger partial charge < -0.3 is 25.0 Å². The van der Waals surface area contributed by atoms with E-state index in [0.717, 1.165) is 22.5 Å². The van der Waals surface area contributed by atoms with Crippen LogP contribution in [-0.2, 0) is 21.4 Å². The summed E-state index contributed by atoms with van der Waals surface area (Å²) in [5.41, 5.74) is -1.00. The minimum atomic E-state index is -4.66. The van der Waals surface area contributed by atoms with Crippen molar-refractivity contribution in [1.29, 1.82) is 0 Å². The van der Waals surface area contributed by atoms with Gasteiger partial charge in [-0.15, -0.1) is 0 Å². The smallest absolute Gasteiger partial charge is 0.416 e. The van der Waals surface area contributed by atoms with Crippen molar-refractivity contribution in [2.75, 3.05) is 44.5 Å². The second kappa shape index (κ2) is 16.5. The van der Waals surface area contributed by atoms with Gasteiger partial charge in [-0.3, -0.25) is 4.79 Å². The van der Waals surface area contributed by atoms with E-state index in [0.29, 0.717) is 42.7 Å². The Hall–Kier alpha value is -4.41. The number of halogens is 5. The standard InChI is InChI=1S/C37H43ClF4N6O5S/c1-36(13-6-7-25(19-36)37(40,41)42)24-9-11-29(31(15-24)46-35(49)21-47(2)3)45-30-18-28(39)33(17-27(30)38)54(50,51)48(34-12-14-43-22-44-34)20-23-8-10-26(52-4)16-32(23)53-5/h6-8,10,12,14,16-19,22,24,29,31,45H,9,11,13,15,20-21H2,1-5H3,(H,46,49)/t24-,29?,31?,36?/m0/s1. The summed E-state index contributed by atoms with van der Waals surface area (Å²) in [7, 11) is 1.70. The summed E-state index contributed by atoms with van der Waals surface area (Å²) in [5, 5.41) is 6.11. The molecule has 0 radical (unpaired) electrons. The van der Waals surface area contributed by atoms with Crippen molar-refractivity contribution in [2.24, 2.45) is 11.3 Å². The zero-order valence-corrected chi connectivity index (χ0v) is 32.0. The molecular weight excluding hydrogens is 752 g/mol. The number of nitrogens with zero attached hydrogens (tertiary/aromatic N) is 4. The molecule has 1 heterocycles. The second-order valence-corrected chi connectivity index (χ2v) is 16.1. The highest BCUT2D eigenvalue weighted by Crippen LogP contribution is 2.47. The van der Waals surface area contributed by atoms with Crippen LogP contribution < -0.4 is 24.4 Å². The number of aromatic nitrogens is 2. The maximum Gasteiger partial charge on any atom is 0.416 e. The Kier molecular flexibility index (Phi) is 12.5. The lowest BCUT2D eigenvalue weighted by Gasteiger charge is -2.45. The summed E-state index contributed by atoms with van der Waals surface area (Å²) >= 11 is 6.68. The molecule has 17 heteroatoms. The molecule has 54 heavy (non-hydrogen) atoms. The van der Waals surface area contributed by atoms with E-state index in [1.54, 1.807) is 44.1 Å². The Morgan fingerprint density at radius 1 is 1.09 bits per heavy atom. The van der Waals surface area contributed by atoms with Crippen LogP contribution >= 0.6 is 11.6 Å². The van der Waals surface area contributed by atoms with E-state index >= 15 is 4.39 Å². The van der Waals surface area contributed by atoms with Gasteiger partial charge >= 0.3 is 6.18 Å². The summed E-state index contributed by atoms with van der Waals surface area (Å²) in [6, 6.07) is 7.12. The van der Waals surface area contributed by atoms with Crippen molar-refractivity contribution in [2.45, 2.75) is 62.3 Å². The van der Waals surface area contributed by atoms with Crippen LogP contribution in [0.15, 0.2) is 77.6 Å². The van der Waals surface area contributed by atoms with Crippen molar-refractivity contribution in [1.82, 2.24) is 20.2 Å². The number of likely N-dealkylation sites (N-methyl/N-ethyl adjacent to an activating group) is 1. The first-order valence-electron chi connectivity index (χ1n) is 17.1. The molecule has 0 aliphatic heterocycles. The fourth-order valence-electron chi connectivity index (χ4n) is 7.02. The van der Waals surface area contributed by atoms with Crippen LogP contribution in [-0.4, -0.2) is 82.3 Å². The van der Waals surface area contributed by atoms with Gasteiger partial charge in [-0.2, -0.15) is 13.2 Å². The number of benzene rings is 2. The molecule has 2 aliphatic rings. The highest BCUT2D eigenvalue weighted by Gasteiger charge is 2.44. The molecule has 11 nitrogen and oxygen atoms in total. The molecule has 1 saturated carbocycles. The Labute approximate surface area is 317 Å². The number of hydrogen-bond acceptors (Lipinski definition) is 9. The lowest BCUT2D eigenvalue weighted by atomic mass is 9.64. The normalized spacial score (nSPS) is 21.7. The number of methoxy groups -OCH3 is 2. The third kappa shape index (κ3) is 9.27. The quantitative estimate of drug-likeness (QED) is 0.181. The summed E-state index contributed by atoms with van der Waals surface area (Å²) in [4.78, 5) is 22.0. The van der Waals surface area contributed by atoms with Crippen LogP contribution in [0.2, 0.25) is 5.02 Å². The molecule has 0 spiro atoms. The van der Waals surface area contributed by atoms with E-state index in [-0.39, 0.29) is 41.4 Å². The van der Waals surface area contributed by atoms with Gasteiger partial charge in [0.05, 0.1) is 43.6 Å². The molecule has 2 aliphatic carbocycles. The third-order valence-electron chi connectivity index (χ3n) is 9.82. The van der Waals surface area contributed by atoms with Crippen LogP contribution in [0.5, 0.6) is 11.5 Å². The van der Waals surface area contributed by atoms with E-state index in [2.05, 4.69) is 20.6 Å². The van der Waals surface area contributed by atoms with Crippen LogP contribution in [0.3, 0.4) is 0 Å². The molecule has 0 bridgehead atoms. The van der Waals surface area contributed by atoms with Crippen molar-refractivity contribution < 1.29 is 40.2 Å². The lowest BCUT2D eigenvalue weighted by Crippen LogP contribution is -2.53. The predicted molar refractivity (Wildman–Crippen MR) is 198 cm³/mol. The molecule has 1 aromatic heterocycles. The van der Waals surface area contributed by atoms with Gasteiger partial charge in [0.15, 0.2) is 0 Å².